The molecule has 0 saturated heterocycles. The third-order valence-electron chi connectivity index (χ3n) is 3.13. The Bertz CT molecular complexity index is 646. The largest absolute Gasteiger partial charge is 0.480 e. The number of benzene rings is 1. The van der Waals surface area contributed by atoms with Gasteiger partial charge in [0.1, 0.15) is 11.8 Å². The van der Waals surface area contributed by atoms with Crippen LogP contribution in [0.25, 0.3) is 0 Å². The molecule has 0 fully saturated rings. The van der Waals surface area contributed by atoms with E-state index in [2.05, 4.69) is 5.32 Å². The van der Waals surface area contributed by atoms with Crippen molar-refractivity contribution in [1.82, 2.24) is 5.32 Å². The van der Waals surface area contributed by atoms with Gasteiger partial charge in [0.05, 0.1) is 0 Å². The van der Waals surface area contributed by atoms with Crippen LogP contribution in [-0.2, 0) is 11.2 Å². The van der Waals surface area contributed by atoms with Gasteiger partial charge in [-0.3, -0.25) is 4.79 Å². The van der Waals surface area contributed by atoms with Crippen LogP contribution in [0.3, 0.4) is 0 Å². The number of rotatable bonds is 5. The minimum Gasteiger partial charge on any atom is -0.480 e. The van der Waals surface area contributed by atoms with E-state index < -0.39 is 17.9 Å². The lowest BCUT2D eigenvalue weighted by atomic mass is 10.1. The van der Waals surface area contributed by atoms with Gasteiger partial charge in [-0.25, -0.2) is 4.79 Å². The smallest absolute Gasteiger partial charge is 0.326 e. The third-order valence-corrected chi connectivity index (χ3v) is 3.13. The highest BCUT2D eigenvalue weighted by molar-refractivity contribution is 5.95. The van der Waals surface area contributed by atoms with Gasteiger partial charge in [0, 0.05) is 12.0 Å². The van der Waals surface area contributed by atoms with Crippen LogP contribution < -0.4 is 5.32 Å². The molecule has 21 heavy (non-hydrogen) atoms. The maximum Gasteiger partial charge on any atom is 0.326 e. The number of nitrogens with one attached hydrogen (secondary N) is 1. The summed E-state index contributed by atoms with van der Waals surface area (Å²) in [5.74, 6) is -0.809. The zero-order valence-corrected chi connectivity index (χ0v) is 11.9. The summed E-state index contributed by atoms with van der Waals surface area (Å²) >= 11 is 0. The van der Waals surface area contributed by atoms with Crippen LogP contribution in [0.1, 0.15) is 27.4 Å². The van der Waals surface area contributed by atoms with Crippen LogP contribution in [0.15, 0.2) is 40.8 Å². The summed E-state index contributed by atoms with van der Waals surface area (Å²) < 4.78 is 5.30. The van der Waals surface area contributed by atoms with Gasteiger partial charge in [-0.2, -0.15) is 0 Å². The monoisotopic (exact) mass is 287 g/mol. The third kappa shape index (κ3) is 3.72. The molecule has 2 rings (SSSR count). The predicted molar refractivity (Wildman–Crippen MR) is 77.2 cm³/mol. The number of aryl methyl sites for hydroxylation is 2. The highest BCUT2D eigenvalue weighted by Crippen LogP contribution is 2.14. The van der Waals surface area contributed by atoms with E-state index in [-0.39, 0.29) is 12.2 Å². The van der Waals surface area contributed by atoms with Gasteiger partial charge >= 0.3 is 5.97 Å². The molecule has 5 heteroatoms. The maximum atomic E-state index is 12.1. The van der Waals surface area contributed by atoms with Gasteiger partial charge in [0.15, 0.2) is 5.76 Å². The summed E-state index contributed by atoms with van der Waals surface area (Å²) in [4.78, 5) is 23.4. The zero-order chi connectivity index (χ0) is 15.4. The molecular formula is C16H17NO4. The highest BCUT2D eigenvalue weighted by Gasteiger charge is 2.23. The van der Waals surface area contributed by atoms with E-state index in [1.807, 2.05) is 30.3 Å². The molecule has 110 valence electrons. The minimum absolute atomic E-state index is 0.159. The number of amides is 1. The van der Waals surface area contributed by atoms with Crippen molar-refractivity contribution in [1.29, 1.82) is 0 Å². The van der Waals surface area contributed by atoms with Crippen molar-refractivity contribution in [2.24, 2.45) is 0 Å². The first-order valence-electron chi connectivity index (χ1n) is 6.62. The summed E-state index contributed by atoms with van der Waals surface area (Å²) in [6.45, 7) is 3.49. The van der Waals surface area contributed by atoms with E-state index in [9.17, 15) is 14.7 Å². The van der Waals surface area contributed by atoms with Crippen LogP contribution in [0.5, 0.6) is 0 Å². The van der Waals surface area contributed by atoms with E-state index in [1.54, 1.807) is 19.9 Å². The van der Waals surface area contributed by atoms with Crippen molar-refractivity contribution in [2.45, 2.75) is 26.3 Å². The average Bonchev–Trinajstić information content (AvgIpc) is 2.78. The molecule has 0 aliphatic carbocycles. The molecule has 2 N–H and O–H groups in total. The topological polar surface area (TPSA) is 79.5 Å². The number of carbonyl (C=O) groups is 2. The molecule has 0 radical (unpaired) electrons. The number of carboxylic acids is 1. The molecule has 1 heterocycles. The second-order valence-corrected chi connectivity index (χ2v) is 4.92. The fourth-order valence-electron chi connectivity index (χ4n) is 2.14. The summed E-state index contributed by atoms with van der Waals surface area (Å²) in [5, 5.41) is 11.8. The number of hydrogen-bond acceptors (Lipinski definition) is 3. The van der Waals surface area contributed by atoms with Crippen LogP contribution >= 0.6 is 0 Å². The van der Waals surface area contributed by atoms with E-state index in [1.165, 1.54) is 0 Å². The Balaban J connectivity index is 2.11. The summed E-state index contributed by atoms with van der Waals surface area (Å²) in [7, 11) is 0. The summed E-state index contributed by atoms with van der Waals surface area (Å²) in [6, 6.07) is 9.90. The second kappa shape index (κ2) is 6.26. The SMILES string of the molecule is Cc1cc(C)c(C(=O)N[C@@H](Cc2ccccc2)C(=O)O)o1. The first kappa shape index (κ1) is 14.8. The van der Waals surface area contributed by atoms with Crippen molar-refractivity contribution in [2.75, 3.05) is 0 Å². The van der Waals surface area contributed by atoms with Crippen molar-refractivity contribution < 1.29 is 19.1 Å². The first-order valence-corrected chi connectivity index (χ1v) is 6.62. The Morgan fingerprint density at radius 1 is 1.24 bits per heavy atom. The molecule has 0 aliphatic heterocycles. The average molecular weight is 287 g/mol. The van der Waals surface area contributed by atoms with Gasteiger partial charge in [0.25, 0.3) is 5.91 Å². The highest BCUT2D eigenvalue weighted by atomic mass is 16.4. The van der Waals surface area contributed by atoms with Crippen LogP contribution in [0, 0.1) is 13.8 Å². The number of aliphatic carboxylic acids is 1. The van der Waals surface area contributed by atoms with Crippen LogP contribution in [-0.4, -0.2) is 23.0 Å². The first-order chi connectivity index (χ1) is 9.97. The summed E-state index contributed by atoms with van der Waals surface area (Å²) in [6.07, 6.45) is 0.223. The van der Waals surface area contributed by atoms with Crippen molar-refractivity contribution in [3.63, 3.8) is 0 Å². The lowest BCUT2D eigenvalue weighted by Crippen LogP contribution is -2.42. The predicted octanol–water partition coefficient (Wildman–Crippen LogP) is 2.32. The number of carbonyl (C=O) groups excluding carboxylic acids is 1. The van der Waals surface area contributed by atoms with E-state index in [0.29, 0.717) is 11.3 Å². The maximum absolute atomic E-state index is 12.1. The van der Waals surface area contributed by atoms with Crippen molar-refractivity contribution in [3.05, 3.63) is 59.0 Å². The van der Waals surface area contributed by atoms with Crippen LogP contribution in [0.4, 0.5) is 0 Å². The number of hydrogen-bond donors (Lipinski definition) is 2. The molecule has 1 aromatic heterocycles. The van der Waals surface area contributed by atoms with Crippen molar-refractivity contribution in [3.8, 4) is 0 Å². The zero-order valence-electron chi connectivity index (χ0n) is 11.9. The van der Waals surface area contributed by atoms with E-state index in [4.69, 9.17) is 4.42 Å². The molecule has 0 saturated carbocycles. The molecule has 0 unspecified atom stereocenters. The van der Waals surface area contributed by atoms with Gasteiger partial charge in [-0.15, -0.1) is 0 Å². The molecule has 1 atom stereocenters. The molecule has 2 aromatic rings. The normalized spacial score (nSPS) is 11.9. The summed E-state index contributed by atoms with van der Waals surface area (Å²) in [5.41, 5.74) is 1.53. The number of carboxylic acid groups (broad SMARTS) is 1. The lowest BCUT2D eigenvalue weighted by Gasteiger charge is -2.14. The van der Waals surface area contributed by atoms with Gasteiger partial charge < -0.3 is 14.8 Å². The Kier molecular flexibility index (Phi) is 4.42. The molecular weight excluding hydrogens is 270 g/mol. The molecule has 1 aromatic carbocycles. The molecule has 1 amide bonds. The molecule has 5 nitrogen and oxygen atoms in total. The number of furan rings is 1. The molecule has 0 bridgehead atoms. The standard InChI is InChI=1S/C16H17NO4/c1-10-8-11(2)21-14(10)15(18)17-13(16(19)20)9-12-6-4-3-5-7-12/h3-8,13H,9H2,1-2H3,(H,17,18)(H,19,20)/t13-/m0/s1. The Hall–Kier alpha value is -2.56. The Morgan fingerprint density at radius 2 is 1.90 bits per heavy atom. The fraction of sp³-hybridized carbons (Fsp3) is 0.250. The fourth-order valence-corrected chi connectivity index (χ4v) is 2.14. The minimum atomic E-state index is -1.08. The van der Waals surface area contributed by atoms with Gasteiger partial charge in [0.2, 0.25) is 0 Å². The Morgan fingerprint density at radius 3 is 2.43 bits per heavy atom. The van der Waals surface area contributed by atoms with Crippen molar-refractivity contribution >= 4 is 11.9 Å². The van der Waals surface area contributed by atoms with Crippen LogP contribution in [0.2, 0.25) is 0 Å². The Labute approximate surface area is 122 Å². The van der Waals surface area contributed by atoms with Gasteiger partial charge in [-0.1, -0.05) is 30.3 Å². The van der Waals surface area contributed by atoms with E-state index in [0.717, 1.165) is 5.56 Å². The molecule has 0 spiro atoms. The molecule has 0 aliphatic rings. The lowest BCUT2D eigenvalue weighted by molar-refractivity contribution is -0.139. The quantitative estimate of drug-likeness (QED) is 0.884. The second-order valence-electron chi connectivity index (χ2n) is 4.92. The van der Waals surface area contributed by atoms with E-state index >= 15 is 0 Å². The van der Waals surface area contributed by atoms with Gasteiger partial charge in [-0.05, 0) is 25.5 Å².